The molecule has 0 spiro atoms. The van der Waals surface area contributed by atoms with E-state index in [0.29, 0.717) is 11.9 Å². The summed E-state index contributed by atoms with van der Waals surface area (Å²) in [5, 5.41) is -0.652. The maximum atomic E-state index is 11.3. The van der Waals surface area contributed by atoms with Crippen LogP contribution in [0.1, 0.15) is 20.8 Å². The molecule has 6 heteroatoms. The minimum atomic E-state index is -1.15. The number of Topliss-reactive ketones (excluding diaryl/α,β-unsaturated/α-hetero) is 1. The summed E-state index contributed by atoms with van der Waals surface area (Å²) < 4.78 is 7.37. The normalized spacial score (nSPS) is 22.6. The Morgan fingerprint density at radius 3 is 2.36 bits per heavy atom. The summed E-state index contributed by atoms with van der Waals surface area (Å²) in [6.07, 6.45) is 0. The van der Waals surface area contributed by atoms with Crippen molar-refractivity contribution in [2.24, 2.45) is 0 Å². The van der Waals surface area contributed by atoms with Crippen molar-refractivity contribution in [1.82, 2.24) is 4.72 Å². The lowest BCUT2D eigenvalue weighted by molar-refractivity contribution is -0.158. The fourth-order valence-corrected chi connectivity index (χ4v) is 1.50. The predicted molar refractivity (Wildman–Crippen MR) is 50.4 cm³/mol. The molecule has 1 aliphatic heterocycles. The zero-order valence-electron chi connectivity index (χ0n) is 8.12. The van der Waals surface area contributed by atoms with Crippen molar-refractivity contribution in [3.63, 3.8) is 0 Å². The molecule has 0 radical (unpaired) electrons. The summed E-state index contributed by atoms with van der Waals surface area (Å²) >= 11 is 0.628. The van der Waals surface area contributed by atoms with Crippen LogP contribution in [-0.2, 0) is 19.1 Å². The Balaban J connectivity index is 2.63. The van der Waals surface area contributed by atoms with E-state index in [9.17, 15) is 14.4 Å². The van der Waals surface area contributed by atoms with Gasteiger partial charge >= 0.3 is 5.97 Å². The summed E-state index contributed by atoms with van der Waals surface area (Å²) in [6, 6.07) is -1.15. The number of ketones is 1. The maximum Gasteiger partial charge on any atom is 0.332 e. The number of carbonyl (C=O) groups excluding carboxylic acids is 3. The van der Waals surface area contributed by atoms with Gasteiger partial charge in [0.15, 0.2) is 6.04 Å². The van der Waals surface area contributed by atoms with Crippen molar-refractivity contribution in [2.45, 2.75) is 32.4 Å². The van der Waals surface area contributed by atoms with Crippen LogP contribution in [0.15, 0.2) is 0 Å². The van der Waals surface area contributed by atoms with Crippen LogP contribution < -0.4 is 4.72 Å². The number of hydrogen-bond donors (Lipinski definition) is 1. The van der Waals surface area contributed by atoms with Gasteiger partial charge in [-0.25, -0.2) is 9.52 Å². The molecule has 0 aromatic rings. The lowest BCUT2D eigenvalue weighted by atomic mass is 10.1. The lowest BCUT2D eigenvalue weighted by Crippen LogP contribution is -2.40. The summed E-state index contributed by atoms with van der Waals surface area (Å²) in [5.41, 5.74) is -0.657. The molecule has 0 unspecified atom stereocenters. The summed E-state index contributed by atoms with van der Waals surface area (Å²) in [5.74, 6) is -1.45. The lowest BCUT2D eigenvalue weighted by Gasteiger charge is -2.20. The number of hydrogen-bond acceptors (Lipinski definition) is 6. The van der Waals surface area contributed by atoms with Gasteiger partial charge in [-0.1, -0.05) is 0 Å². The van der Waals surface area contributed by atoms with Crippen LogP contribution in [0.2, 0.25) is 0 Å². The van der Waals surface area contributed by atoms with Gasteiger partial charge in [0.05, 0.1) is 0 Å². The molecule has 0 aromatic carbocycles. The molecule has 78 valence electrons. The fraction of sp³-hybridized carbons (Fsp3) is 0.625. The first-order valence-corrected chi connectivity index (χ1v) is 4.86. The molecule has 1 N–H and O–H groups in total. The van der Waals surface area contributed by atoms with E-state index >= 15 is 0 Å². The minimum absolute atomic E-state index is 0.628. The first kappa shape index (κ1) is 11.2. The largest absolute Gasteiger partial charge is 0.458 e. The standard InChI is InChI=1S/C8H11NO4S/c1-8(2,3)13-6(11)4-5(10)7(12)14-9-4/h4,9H,1-3H3/t4-/m0/s1. The molecule has 1 rings (SSSR count). The van der Waals surface area contributed by atoms with Gasteiger partial charge in [0.25, 0.3) is 5.12 Å². The maximum absolute atomic E-state index is 11.3. The molecular weight excluding hydrogens is 206 g/mol. The quantitative estimate of drug-likeness (QED) is 0.289. The number of ether oxygens (including phenoxy) is 1. The molecule has 1 atom stereocenters. The molecule has 0 aromatic heterocycles. The third kappa shape index (κ3) is 2.55. The summed E-state index contributed by atoms with van der Waals surface area (Å²) in [6.45, 7) is 5.08. The average molecular weight is 217 g/mol. The van der Waals surface area contributed by atoms with Crippen molar-refractivity contribution in [1.29, 1.82) is 0 Å². The molecular formula is C8H11NO4S. The van der Waals surface area contributed by atoms with Crippen LogP contribution in [0.25, 0.3) is 0 Å². The monoisotopic (exact) mass is 217 g/mol. The highest BCUT2D eigenvalue weighted by Crippen LogP contribution is 2.16. The minimum Gasteiger partial charge on any atom is -0.458 e. The van der Waals surface area contributed by atoms with Crippen molar-refractivity contribution in [3.8, 4) is 0 Å². The molecule has 1 aliphatic rings. The number of nitrogens with one attached hydrogen (secondary N) is 1. The van der Waals surface area contributed by atoms with Crippen LogP contribution in [0.4, 0.5) is 0 Å². The zero-order chi connectivity index (χ0) is 10.9. The van der Waals surface area contributed by atoms with E-state index in [2.05, 4.69) is 4.72 Å². The van der Waals surface area contributed by atoms with E-state index < -0.39 is 28.5 Å². The molecule has 0 saturated carbocycles. The second-order valence-electron chi connectivity index (χ2n) is 3.84. The van der Waals surface area contributed by atoms with E-state index in [0.717, 1.165) is 0 Å². The van der Waals surface area contributed by atoms with Crippen molar-refractivity contribution in [2.75, 3.05) is 0 Å². The third-order valence-electron chi connectivity index (χ3n) is 1.38. The van der Waals surface area contributed by atoms with Crippen molar-refractivity contribution >= 4 is 28.8 Å². The first-order chi connectivity index (χ1) is 6.31. The number of carbonyl (C=O) groups is 3. The van der Waals surface area contributed by atoms with E-state index in [4.69, 9.17) is 4.74 Å². The van der Waals surface area contributed by atoms with E-state index in [1.54, 1.807) is 20.8 Å². The Hall–Kier alpha value is -0.880. The van der Waals surface area contributed by atoms with Gasteiger partial charge in [-0.2, -0.15) is 0 Å². The highest BCUT2D eigenvalue weighted by Gasteiger charge is 2.40. The molecule has 0 bridgehead atoms. The van der Waals surface area contributed by atoms with Crippen LogP contribution >= 0.6 is 11.9 Å². The number of esters is 1. The van der Waals surface area contributed by atoms with Gasteiger partial charge in [0.1, 0.15) is 5.60 Å². The van der Waals surface area contributed by atoms with Crippen molar-refractivity contribution < 1.29 is 19.1 Å². The average Bonchev–Trinajstić information content (AvgIpc) is 2.29. The van der Waals surface area contributed by atoms with Crippen LogP contribution in [0.5, 0.6) is 0 Å². The second kappa shape index (κ2) is 3.70. The van der Waals surface area contributed by atoms with E-state index in [1.807, 2.05) is 0 Å². The molecule has 5 nitrogen and oxygen atoms in total. The second-order valence-corrected chi connectivity index (χ2v) is 4.65. The smallest absolute Gasteiger partial charge is 0.332 e. The summed E-state index contributed by atoms with van der Waals surface area (Å²) in [7, 11) is 0. The molecule has 1 heterocycles. The SMILES string of the molecule is CC(C)(C)OC(=O)[C@H]1NSC(=O)C1=O. The van der Waals surface area contributed by atoms with Gasteiger partial charge in [0.2, 0.25) is 5.78 Å². The van der Waals surface area contributed by atoms with Gasteiger partial charge in [-0.05, 0) is 20.8 Å². The molecule has 1 saturated heterocycles. The molecule has 14 heavy (non-hydrogen) atoms. The zero-order valence-corrected chi connectivity index (χ0v) is 8.94. The van der Waals surface area contributed by atoms with Crippen LogP contribution in [-0.4, -0.2) is 28.5 Å². The van der Waals surface area contributed by atoms with Crippen molar-refractivity contribution in [3.05, 3.63) is 0 Å². The van der Waals surface area contributed by atoms with Gasteiger partial charge in [0, 0.05) is 11.9 Å². The van der Waals surface area contributed by atoms with Crippen LogP contribution in [0.3, 0.4) is 0 Å². The Bertz CT molecular complexity index is 294. The predicted octanol–water partition coefficient (Wildman–Crippen LogP) is 0.0438. The highest BCUT2D eigenvalue weighted by molar-refractivity contribution is 8.14. The summed E-state index contributed by atoms with van der Waals surface area (Å²) in [4.78, 5) is 33.2. The Morgan fingerprint density at radius 2 is 2.00 bits per heavy atom. The Labute approximate surface area is 85.7 Å². The van der Waals surface area contributed by atoms with Gasteiger partial charge in [-0.3, -0.25) is 9.59 Å². The van der Waals surface area contributed by atoms with E-state index in [-0.39, 0.29) is 0 Å². The number of rotatable bonds is 1. The molecule has 0 amide bonds. The third-order valence-corrected chi connectivity index (χ3v) is 2.12. The topological polar surface area (TPSA) is 72.5 Å². The molecule has 0 aliphatic carbocycles. The Kier molecular flexibility index (Phi) is 2.96. The highest BCUT2D eigenvalue weighted by atomic mass is 32.2. The van der Waals surface area contributed by atoms with Gasteiger partial charge in [-0.15, -0.1) is 0 Å². The van der Waals surface area contributed by atoms with Crippen LogP contribution in [0, 0.1) is 0 Å². The van der Waals surface area contributed by atoms with Gasteiger partial charge < -0.3 is 4.74 Å². The Morgan fingerprint density at radius 1 is 1.43 bits per heavy atom. The first-order valence-electron chi connectivity index (χ1n) is 4.04. The fourth-order valence-electron chi connectivity index (χ4n) is 0.850. The molecule has 1 fully saturated rings. The van der Waals surface area contributed by atoms with E-state index in [1.165, 1.54) is 0 Å².